The first-order chi connectivity index (χ1) is 8.53. The average Bonchev–Trinajstić information content (AvgIpc) is 2.23. The zero-order valence-corrected chi connectivity index (χ0v) is 9.72. The molecular formula is C11H11F6NO. The van der Waals surface area contributed by atoms with Gasteiger partial charge in [0.25, 0.3) is 0 Å². The minimum atomic E-state index is -4.85. The summed E-state index contributed by atoms with van der Waals surface area (Å²) in [5.41, 5.74) is 3.83. The van der Waals surface area contributed by atoms with Gasteiger partial charge in [-0.2, -0.15) is 26.3 Å². The Bertz CT molecular complexity index is 426. The molecule has 19 heavy (non-hydrogen) atoms. The Balaban J connectivity index is 3.11. The summed E-state index contributed by atoms with van der Waals surface area (Å²) in [6.07, 6.45) is -12.2. The Morgan fingerprint density at radius 1 is 1.05 bits per heavy atom. The van der Waals surface area contributed by atoms with Crippen LogP contribution in [-0.2, 0) is 6.18 Å². The van der Waals surface area contributed by atoms with Crippen molar-refractivity contribution in [2.45, 2.75) is 31.4 Å². The first kappa shape index (κ1) is 15.6. The average molecular weight is 287 g/mol. The normalized spacial score (nSPS) is 16.0. The molecule has 2 atom stereocenters. The van der Waals surface area contributed by atoms with Gasteiger partial charge in [-0.1, -0.05) is 12.1 Å². The Morgan fingerprint density at radius 2 is 1.58 bits per heavy atom. The van der Waals surface area contributed by atoms with Crippen molar-refractivity contribution in [3.05, 3.63) is 29.8 Å². The van der Waals surface area contributed by atoms with Gasteiger partial charge in [-0.25, -0.2) is 0 Å². The lowest BCUT2D eigenvalue weighted by molar-refractivity contribution is -0.201. The third kappa shape index (κ3) is 4.02. The van der Waals surface area contributed by atoms with Crippen molar-refractivity contribution < 1.29 is 31.1 Å². The van der Waals surface area contributed by atoms with E-state index < -0.39 is 35.8 Å². The topological polar surface area (TPSA) is 35.2 Å². The Kier molecular flexibility index (Phi) is 4.34. The summed E-state index contributed by atoms with van der Waals surface area (Å²) in [5.74, 6) is -0.894. The van der Waals surface area contributed by atoms with Crippen molar-refractivity contribution in [3.63, 3.8) is 0 Å². The molecule has 1 aromatic rings. The van der Waals surface area contributed by atoms with E-state index >= 15 is 0 Å². The molecule has 0 saturated carbocycles. The molecule has 0 spiro atoms. The number of benzene rings is 1. The fraction of sp³-hybridized carbons (Fsp3) is 0.455. The van der Waals surface area contributed by atoms with E-state index in [-0.39, 0.29) is 0 Å². The summed E-state index contributed by atoms with van der Waals surface area (Å²) < 4.78 is 80.0. The third-order valence-electron chi connectivity index (χ3n) is 2.25. The van der Waals surface area contributed by atoms with E-state index in [1.165, 1.54) is 0 Å². The minimum absolute atomic E-state index is 0.643. The van der Waals surface area contributed by atoms with Gasteiger partial charge >= 0.3 is 12.4 Å². The molecule has 0 heterocycles. The van der Waals surface area contributed by atoms with Gasteiger partial charge in [-0.3, -0.25) is 0 Å². The van der Waals surface area contributed by atoms with Crippen LogP contribution >= 0.6 is 0 Å². The van der Waals surface area contributed by atoms with Crippen LogP contribution in [0.25, 0.3) is 0 Å². The maximum Gasteiger partial charge on any atom is 0.426 e. The Labute approximate surface area is 105 Å². The van der Waals surface area contributed by atoms with Gasteiger partial charge in [-0.15, -0.1) is 0 Å². The largest absolute Gasteiger partial charge is 0.479 e. The molecule has 8 heteroatoms. The van der Waals surface area contributed by atoms with Gasteiger partial charge in [0.15, 0.2) is 0 Å². The predicted octanol–water partition coefficient (Wildman–Crippen LogP) is 3.36. The Hall–Kier alpha value is -1.44. The van der Waals surface area contributed by atoms with Crippen LogP contribution in [0.1, 0.15) is 12.5 Å². The molecule has 1 rings (SSSR count). The molecule has 0 amide bonds. The van der Waals surface area contributed by atoms with E-state index in [0.717, 1.165) is 25.1 Å². The lowest BCUT2D eigenvalue weighted by Gasteiger charge is -2.26. The molecule has 0 fully saturated rings. The predicted molar refractivity (Wildman–Crippen MR) is 55.6 cm³/mol. The third-order valence-corrected chi connectivity index (χ3v) is 2.25. The zero-order valence-electron chi connectivity index (χ0n) is 9.72. The molecule has 0 aromatic heterocycles. The van der Waals surface area contributed by atoms with E-state index in [4.69, 9.17) is 5.73 Å². The number of ether oxygens (including phenoxy) is 1. The van der Waals surface area contributed by atoms with Gasteiger partial charge in [0.05, 0.1) is 5.56 Å². The van der Waals surface area contributed by atoms with Crippen LogP contribution in [0.3, 0.4) is 0 Å². The molecule has 1 aromatic carbocycles. The number of hydrogen-bond donors (Lipinski definition) is 1. The molecule has 0 aliphatic heterocycles. The summed E-state index contributed by atoms with van der Waals surface area (Å²) in [6, 6.07) is 2.18. The standard InChI is InChI=1S/C11H11F6NO/c1-6(18)9(11(15,16)17)19-8-5-3-2-4-7(8)10(12,13)14/h2-6,9H,18H2,1H3. The smallest absolute Gasteiger partial charge is 0.426 e. The number of nitrogens with two attached hydrogens (primary N) is 1. The highest BCUT2D eigenvalue weighted by atomic mass is 19.4. The van der Waals surface area contributed by atoms with E-state index in [0.29, 0.717) is 6.07 Å². The van der Waals surface area contributed by atoms with Gasteiger partial charge in [0, 0.05) is 6.04 Å². The number of hydrogen-bond acceptors (Lipinski definition) is 2. The van der Waals surface area contributed by atoms with Crippen molar-refractivity contribution in [2.75, 3.05) is 0 Å². The van der Waals surface area contributed by atoms with Crippen molar-refractivity contribution in [2.24, 2.45) is 5.73 Å². The van der Waals surface area contributed by atoms with Crippen molar-refractivity contribution >= 4 is 0 Å². The maximum atomic E-state index is 12.6. The summed E-state index contributed by atoms with van der Waals surface area (Å²) >= 11 is 0. The van der Waals surface area contributed by atoms with Crippen LogP contribution in [0.15, 0.2) is 24.3 Å². The van der Waals surface area contributed by atoms with Crippen molar-refractivity contribution in [1.29, 1.82) is 0 Å². The molecule has 0 saturated heterocycles. The molecule has 0 aliphatic rings. The second-order valence-corrected chi connectivity index (χ2v) is 3.93. The van der Waals surface area contributed by atoms with Crippen LogP contribution in [0, 0.1) is 0 Å². The minimum Gasteiger partial charge on any atom is -0.479 e. The highest BCUT2D eigenvalue weighted by molar-refractivity contribution is 5.35. The van der Waals surface area contributed by atoms with Crippen LogP contribution in [0.2, 0.25) is 0 Å². The number of halogens is 6. The van der Waals surface area contributed by atoms with Crippen molar-refractivity contribution in [3.8, 4) is 5.75 Å². The fourth-order valence-electron chi connectivity index (χ4n) is 1.41. The molecule has 0 bridgehead atoms. The monoisotopic (exact) mass is 287 g/mol. The summed E-state index contributed by atoms with van der Waals surface area (Å²) in [7, 11) is 0. The number of para-hydroxylation sites is 1. The Morgan fingerprint density at radius 3 is 2.00 bits per heavy atom. The first-order valence-corrected chi connectivity index (χ1v) is 5.18. The number of alkyl halides is 6. The first-order valence-electron chi connectivity index (χ1n) is 5.18. The van der Waals surface area contributed by atoms with Crippen LogP contribution < -0.4 is 10.5 Å². The highest BCUT2D eigenvalue weighted by Crippen LogP contribution is 2.37. The van der Waals surface area contributed by atoms with Gasteiger partial charge in [-0.05, 0) is 19.1 Å². The summed E-state index contributed by atoms with van der Waals surface area (Å²) in [6.45, 7) is 1.01. The van der Waals surface area contributed by atoms with Gasteiger partial charge in [0.1, 0.15) is 5.75 Å². The zero-order chi connectivity index (χ0) is 14.8. The molecule has 0 aliphatic carbocycles. The number of rotatable bonds is 3. The van der Waals surface area contributed by atoms with Crippen LogP contribution in [-0.4, -0.2) is 18.3 Å². The maximum absolute atomic E-state index is 12.6. The molecular weight excluding hydrogens is 276 g/mol. The van der Waals surface area contributed by atoms with Crippen molar-refractivity contribution in [1.82, 2.24) is 0 Å². The SMILES string of the molecule is CC(N)C(Oc1ccccc1C(F)(F)F)C(F)(F)F. The van der Waals surface area contributed by atoms with E-state index in [1.54, 1.807) is 0 Å². The van der Waals surface area contributed by atoms with Gasteiger partial charge < -0.3 is 10.5 Å². The van der Waals surface area contributed by atoms with Crippen LogP contribution in [0.5, 0.6) is 5.75 Å². The summed E-state index contributed by atoms with van der Waals surface area (Å²) in [4.78, 5) is 0. The summed E-state index contributed by atoms with van der Waals surface area (Å²) in [5, 5.41) is 0. The highest BCUT2D eigenvalue weighted by Gasteiger charge is 2.45. The van der Waals surface area contributed by atoms with E-state index in [9.17, 15) is 26.3 Å². The molecule has 2 nitrogen and oxygen atoms in total. The lowest BCUT2D eigenvalue weighted by atomic mass is 10.1. The van der Waals surface area contributed by atoms with Crippen LogP contribution in [0.4, 0.5) is 26.3 Å². The van der Waals surface area contributed by atoms with Gasteiger partial charge in [0.2, 0.25) is 6.10 Å². The molecule has 108 valence electrons. The molecule has 0 radical (unpaired) electrons. The second-order valence-electron chi connectivity index (χ2n) is 3.93. The lowest BCUT2D eigenvalue weighted by Crippen LogP contribution is -2.47. The van der Waals surface area contributed by atoms with E-state index in [2.05, 4.69) is 4.74 Å². The molecule has 2 N–H and O–H groups in total. The second kappa shape index (κ2) is 5.28. The fourth-order valence-corrected chi connectivity index (χ4v) is 1.41. The quantitative estimate of drug-likeness (QED) is 0.865. The molecule has 2 unspecified atom stereocenters. The van der Waals surface area contributed by atoms with E-state index in [1.807, 2.05) is 0 Å².